The van der Waals surface area contributed by atoms with E-state index in [1.54, 1.807) is 21.3 Å². The highest BCUT2D eigenvalue weighted by Crippen LogP contribution is 2.30. The van der Waals surface area contributed by atoms with E-state index in [0.29, 0.717) is 24.8 Å². The largest absolute Gasteiger partial charge is 0.493 e. The van der Waals surface area contributed by atoms with Crippen LogP contribution in [0, 0.1) is 6.92 Å². The van der Waals surface area contributed by atoms with Gasteiger partial charge in [0.1, 0.15) is 11.9 Å². The van der Waals surface area contributed by atoms with Gasteiger partial charge in [-0.2, -0.15) is 0 Å². The highest BCUT2D eigenvalue weighted by molar-refractivity contribution is 5.79. The van der Waals surface area contributed by atoms with Crippen molar-refractivity contribution in [3.05, 3.63) is 53.6 Å². The van der Waals surface area contributed by atoms with Crippen LogP contribution in [0.1, 0.15) is 18.1 Å². The number of aryl methyl sites for hydroxylation is 1. The van der Waals surface area contributed by atoms with Crippen molar-refractivity contribution < 1.29 is 14.2 Å². The van der Waals surface area contributed by atoms with Crippen LogP contribution in [0.4, 0.5) is 0 Å². The third kappa shape index (κ3) is 6.09. The second-order valence-corrected chi connectivity index (χ2v) is 6.20. The number of nitrogens with one attached hydrogen (secondary N) is 2. The van der Waals surface area contributed by atoms with E-state index in [0.717, 1.165) is 17.1 Å². The van der Waals surface area contributed by atoms with E-state index in [-0.39, 0.29) is 6.10 Å². The van der Waals surface area contributed by atoms with Crippen molar-refractivity contribution in [2.24, 2.45) is 4.99 Å². The Morgan fingerprint density at radius 2 is 1.85 bits per heavy atom. The van der Waals surface area contributed by atoms with Crippen molar-refractivity contribution in [1.82, 2.24) is 10.6 Å². The Balaban J connectivity index is 1.87. The summed E-state index contributed by atoms with van der Waals surface area (Å²) >= 11 is 0. The van der Waals surface area contributed by atoms with Gasteiger partial charge in [-0.15, -0.1) is 0 Å². The molecule has 0 aliphatic rings. The van der Waals surface area contributed by atoms with Crippen LogP contribution in [0.2, 0.25) is 0 Å². The summed E-state index contributed by atoms with van der Waals surface area (Å²) in [5, 5.41) is 6.57. The molecule has 0 saturated heterocycles. The molecule has 146 valence electrons. The summed E-state index contributed by atoms with van der Waals surface area (Å²) in [5.41, 5.74) is 2.17. The lowest BCUT2D eigenvalue weighted by Gasteiger charge is -2.19. The van der Waals surface area contributed by atoms with Gasteiger partial charge in [0.15, 0.2) is 17.5 Å². The number of benzene rings is 2. The van der Waals surface area contributed by atoms with E-state index in [2.05, 4.69) is 15.6 Å². The lowest BCUT2D eigenvalue weighted by Crippen LogP contribution is -2.41. The molecule has 0 bridgehead atoms. The van der Waals surface area contributed by atoms with Gasteiger partial charge in [0, 0.05) is 19.2 Å². The second-order valence-electron chi connectivity index (χ2n) is 6.20. The first kappa shape index (κ1) is 20.4. The first-order chi connectivity index (χ1) is 13.1. The van der Waals surface area contributed by atoms with Gasteiger partial charge >= 0.3 is 0 Å². The molecular formula is C21H29N3O3. The second kappa shape index (κ2) is 10.3. The fourth-order valence-corrected chi connectivity index (χ4v) is 2.70. The number of para-hydroxylation sites is 1. The molecule has 2 aromatic carbocycles. The fourth-order valence-electron chi connectivity index (χ4n) is 2.70. The Morgan fingerprint density at radius 1 is 1.07 bits per heavy atom. The molecule has 0 aromatic heterocycles. The van der Waals surface area contributed by atoms with Crippen molar-refractivity contribution in [1.29, 1.82) is 0 Å². The third-order valence-electron chi connectivity index (χ3n) is 4.04. The quantitative estimate of drug-likeness (QED) is 0.551. The first-order valence-corrected chi connectivity index (χ1v) is 8.95. The highest BCUT2D eigenvalue weighted by Gasteiger charge is 2.10. The monoisotopic (exact) mass is 371 g/mol. The molecule has 0 aliphatic heterocycles. The van der Waals surface area contributed by atoms with Gasteiger partial charge in [0.25, 0.3) is 0 Å². The molecule has 0 radical (unpaired) electrons. The minimum Gasteiger partial charge on any atom is -0.493 e. The first-order valence-electron chi connectivity index (χ1n) is 8.95. The zero-order valence-electron chi connectivity index (χ0n) is 16.7. The number of aliphatic imine (C=N–C) groups is 1. The number of hydrogen-bond acceptors (Lipinski definition) is 4. The molecule has 27 heavy (non-hydrogen) atoms. The Bertz CT molecular complexity index is 762. The van der Waals surface area contributed by atoms with Crippen LogP contribution in [0.25, 0.3) is 0 Å². The zero-order valence-corrected chi connectivity index (χ0v) is 16.7. The van der Waals surface area contributed by atoms with Crippen molar-refractivity contribution in [3.8, 4) is 17.2 Å². The van der Waals surface area contributed by atoms with Crippen LogP contribution >= 0.6 is 0 Å². The van der Waals surface area contributed by atoms with Gasteiger partial charge in [-0.25, -0.2) is 0 Å². The SMILES string of the molecule is CN=C(NCc1cccc(OC)c1OC)NCC(C)Oc1cccc(C)c1. The van der Waals surface area contributed by atoms with Crippen molar-refractivity contribution in [2.45, 2.75) is 26.5 Å². The molecule has 2 rings (SSSR count). The Labute approximate surface area is 161 Å². The summed E-state index contributed by atoms with van der Waals surface area (Å²) in [6, 6.07) is 13.8. The summed E-state index contributed by atoms with van der Waals surface area (Å²) in [6.07, 6.45) is -0.00305. The average molecular weight is 371 g/mol. The molecule has 0 aliphatic carbocycles. The van der Waals surface area contributed by atoms with E-state index in [1.165, 1.54) is 5.56 Å². The highest BCUT2D eigenvalue weighted by atomic mass is 16.5. The third-order valence-corrected chi connectivity index (χ3v) is 4.04. The number of ether oxygens (including phenoxy) is 3. The molecule has 6 nitrogen and oxygen atoms in total. The lowest BCUT2D eigenvalue weighted by molar-refractivity contribution is 0.223. The maximum absolute atomic E-state index is 5.94. The summed E-state index contributed by atoms with van der Waals surface area (Å²) < 4.78 is 16.7. The fraction of sp³-hybridized carbons (Fsp3) is 0.381. The maximum Gasteiger partial charge on any atom is 0.191 e. The smallest absolute Gasteiger partial charge is 0.191 e. The summed E-state index contributed by atoms with van der Waals surface area (Å²) in [4.78, 5) is 4.26. The van der Waals surface area contributed by atoms with E-state index in [9.17, 15) is 0 Å². The van der Waals surface area contributed by atoms with Crippen LogP contribution < -0.4 is 24.8 Å². The standard InChI is InChI=1S/C21H29N3O3/c1-15-8-6-10-18(12-15)27-16(2)13-23-21(22-3)24-14-17-9-7-11-19(25-4)20(17)26-5/h6-12,16H,13-14H2,1-5H3,(H2,22,23,24). The lowest BCUT2D eigenvalue weighted by atomic mass is 10.2. The van der Waals surface area contributed by atoms with Crippen molar-refractivity contribution >= 4 is 5.96 Å². The molecule has 6 heteroatoms. The molecule has 0 fully saturated rings. The maximum atomic E-state index is 5.94. The molecule has 2 aromatic rings. The van der Waals surface area contributed by atoms with Gasteiger partial charge in [0.05, 0.1) is 20.8 Å². The van der Waals surface area contributed by atoms with Gasteiger partial charge in [-0.1, -0.05) is 24.3 Å². The van der Waals surface area contributed by atoms with Gasteiger partial charge in [0.2, 0.25) is 0 Å². The number of guanidine groups is 1. The number of methoxy groups -OCH3 is 2. The van der Waals surface area contributed by atoms with Crippen LogP contribution in [-0.4, -0.2) is 39.9 Å². The van der Waals surface area contributed by atoms with Crippen molar-refractivity contribution in [2.75, 3.05) is 27.8 Å². The summed E-state index contributed by atoms with van der Waals surface area (Å²) in [6.45, 7) is 5.26. The molecule has 0 spiro atoms. The average Bonchev–Trinajstić information content (AvgIpc) is 2.67. The van der Waals surface area contributed by atoms with Gasteiger partial charge < -0.3 is 24.8 Å². The number of nitrogens with zero attached hydrogens (tertiary/aromatic N) is 1. The van der Waals surface area contributed by atoms with E-state index in [4.69, 9.17) is 14.2 Å². The molecule has 1 atom stereocenters. The van der Waals surface area contributed by atoms with Crippen LogP contribution in [0.5, 0.6) is 17.2 Å². The summed E-state index contributed by atoms with van der Waals surface area (Å²) in [7, 11) is 5.01. The Hall–Kier alpha value is -2.89. The molecule has 0 heterocycles. The topological polar surface area (TPSA) is 64.1 Å². The van der Waals surface area contributed by atoms with Gasteiger partial charge in [-0.05, 0) is 37.6 Å². The summed E-state index contributed by atoms with van der Waals surface area (Å²) in [5.74, 6) is 2.99. The number of hydrogen-bond donors (Lipinski definition) is 2. The zero-order chi connectivity index (χ0) is 19.6. The normalized spacial score (nSPS) is 12.3. The van der Waals surface area contributed by atoms with E-state index >= 15 is 0 Å². The van der Waals surface area contributed by atoms with E-state index < -0.39 is 0 Å². The van der Waals surface area contributed by atoms with Crippen LogP contribution in [-0.2, 0) is 6.54 Å². The predicted molar refractivity (Wildman–Crippen MR) is 109 cm³/mol. The van der Waals surface area contributed by atoms with Crippen molar-refractivity contribution in [3.63, 3.8) is 0 Å². The van der Waals surface area contributed by atoms with Crippen LogP contribution in [0.3, 0.4) is 0 Å². The molecule has 0 amide bonds. The van der Waals surface area contributed by atoms with E-state index in [1.807, 2.05) is 56.3 Å². The Morgan fingerprint density at radius 3 is 2.52 bits per heavy atom. The molecular weight excluding hydrogens is 342 g/mol. The van der Waals surface area contributed by atoms with Crippen LogP contribution in [0.15, 0.2) is 47.5 Å². The molecule has 2 N–H and O–H groups in total. The molecule has 1 unspecified atom stereocenters. The molecule has 0 saturated carbocycles. The Kier molecular flexibility index (Phi) is 7.79. The minimum absolute atomic E-state index is 0.00305. The predicted octanol–water partition coefficient (Wildman–Crippen LogP) is 3.14. The number of rotatable bonds is 8. The van der Waals surface area contributed by atoms with Gasteiger partial charge in [-0.3, -0.25) is 4.99 Å². The minimum atomic E-state index is -0.00305.